The van der Waals surface area contributed by atoms with Gasteiger partial charge in [0.25, 0.3) is 0 Å². The van der Waals surface area contributed by atoms with Gasteiger partial charge >= 0.3 is 5.97 Å². The highest BCUT2D eigenvalue weighted by Crippen LogP contribution is 2.66. The summed E-state index contributed by atoms with van der Waals surface area (Å²) in [5, 5.41) is 54.4. The van der Waals surface area contributed by atoms with Crippen LogP contribution in [0.3, 0.4) is 0 Å². The topological polar surface area (TPSA) is 193 Å². The summed E-state index contributed by atoms with van der Waals surface area (Å²) in [6, 6.07) is 8.36. The van der Waals surface area contributed by atoms with Gasteiger partial charge in [-0.3, -0.25) is 0 Å². The second kappa shape index (κ2) is 18.5. The molecule has 4 aliphatic carbocycles. The molecule has 338 valence electrons. The normalized spacial score (nSPS) is 25.6. The molecule has 5 unspecified atom stereocenters. The summed E-state index contributed by atoms with van der Waals surface area (Å²) in [6.45, 7) is 13.3. The highest BCUT2D eigenvalue weighted by atomic mass is 32.1. The van der Waals surface area contributed by atoms with Crippen molar-refractivity contribution in [2.75, 3.05) is 62.8 Å². The fraction of sp³-hybridized carbons (Fsp3) is 0.574. The lowest BCUT2D eigenvalue weighted by Gasteiger charge is -2.56. The number of hydrogen-bond acceptors (Lipinski definition) is 14. The van der Waals surface area contributed by atoms with E-state index in [1.807, 2.05) is 18.7 Å². The molecule has 3 aromatic heterocycles. The van der Waals surface area contributed by atoms with Crippen molar-refractivity contribution in [2.45, 2.75) is 97.5 Å². The number of aromatic nitrogens is 4. The third-order valence-corrected chi connectivity index (χ3v) is 15.0. The van der Waals surface area contributed by atoms with Crippen LogP contribution in [0.25, 0.3) is 15.8 Å². The number of hydrogen-bond donors (Lipinski definition) is 6. The van der Waals surface area contributed by atoms with Crippen molar-refractivity contribution in [2.24, 2.45) is 22.7 Å². The Hall–Kier alpha value is -4.61. The number of carbonyl (C=O) groups is 1. The number of allylic oxidation sites excluding steroid dienone is 2. The minimum atomic E-state index is -1.18. The third kappa shape index (κ3) is 9.47. The number of aliphatic hydroxyl groups excluding tert-OH is 2. The Balaban J connectivity index is 0.979. The van der Waals surface area contributed by atoms with E-state index in [0.29, 0.717) is 81.8 Å². The number of anilines is 4. The molecule has 4 bridgehead atoms. The summed E-state index contributed by atoms with van der Waals surface area (Å²) in [4.78, 5) is 26.3. The van der Waals surface area contributed by atoms with Crippen molar-refractivity contribution in [1.29, 1.82) is 5.41 Å². The molecule has 9 rings (SSSR count). The molecule has 5 atom stereocenters. The van der Waals surface area contributed by atoms with E-state index in [4.69, 9.17) is 15.1 Å². The molecule has 0 radical (unpaired) electrons. The molecule has 4 heterocycles. The van der Waals surface area contributed by atoms with E-state index in [1.165, 1.54) is 30.0 Å². The maximum Gasteiger partial charge on any atom is 0.355 e. The standard InChI is InChI=1S/C47H62FN9O5S/c1-29-33-9-6-16-57(42(33)55-54-41(29)53-44-51-37-11-5-10-36(48)40(37)63-44)38-13-12-34(39(52-38)43(60)61)35(24-49)30(2)50-25-32-22-46(4)26-45(3)21-31(32)23-47(27-45,28-46)62-20-17-56(14-7-18-58)15-8-19-59/h5,10-13,24,31-32,49-50,58-59H,6-9,14-23,25-28H2,1-4H3,(H,60,61)(H,51,53,54)/b35-30+,49-24?. The molecule has 4 saturated carbocycles. The number of ether oxygens (including phenoxy) is 1. The van der Waals surface area contributed by atoms with Crippen LogP contribution in [0.4, 0.5) is 27.0 Å². The summed E-state index contributed by atoms with van der Waals surface area (Å²) in [7, 11) is 0. The number of nitrogens with one attached hydrogen (secondary N) is 3. The fourth-order valence-corrected chi connectivity index (χ4v) is 12.8. The van der Waals surface area contributed by atoms with Crippen LogP contribution in [0.2, 0.25) is 0 Å². The number of thiazole rings is 1. The number of fused-ring (bicyclic) bond motifs is 3. The second-order valence-corrected chi connectivity index (χ2v) is 20.2. The Bertz CT molecular complexity index is 2370. The van der Waals surface area contributed by atoms with Crippen molar-refractivity contribution < 1.29 is 29.2 Å². The number of carboxylic acid groups (broad SMARTS) is 1. The predicted molar refractivity (Wildman–Crippen MR) is 245 cm³/mol. The maximum absolute atomic E-state index is 14.4. The van der Waals surface area contributed by atoms with Gasteiger partial charge in [-0.05, 0) is 125 Å². The van der Waals surface area contributed by atoms with Gasteiger partial charge in [0.2, 0.25) is 0 Å². The van der Waals surface area contributed by atoms with Gasteiger partial charge in [-0.1, -0.05) is 31.3 Å². The minimum Gasteiger partial charge on any atom is -0.476 e. The average molecular weight is 884 g/mol. The number of nitrogens with zero attached hydrogens (tertiary/aromatic N) is 6. The SMILES string of the molecule is C/C(NCC1CC2(C)CC3(C)CC1CC(OCCN(CCCO)CCCO)(C2)C3)=C(/C=N)c1ccc(N2CCCc3c2nnc(Nc2nc4cccc(F)c4s2)c3C)nc1C(=O)O. The Morgan fingerprint density at radius 1 is 1.05 bits per heavy atom. The lowest BCUT2D eigenvalue weighted by molar-refractivity contribution is -0.165. The molecule has 1 aromatic carbocycles. The third-order valence-electron chi connectivity index (χ3n) is 14.0. The molecule has 4 aromatic rings. The molecular formula is C47H62FN9O5S. The summed E-state index contributed by atoms with van der Waals surface area (Å²) in [5.74, 6) is 0.920. The molecular weight excluding hydrogens is 822 g/mol. The largest absolute Gasteiger partial charge is 0.476 e. The van der Waals surface area contributed by atoms with Crippen molar-refractivity contribution >= 4 is 61.9 Å². The number of halogens is 1. The van der Waals surface area contributed by atoms with Gasteiger partial charge < -0.3 is 45.9 Å². The summed E-state index contributed by atoms with van der Waals surface area (Å²) < 4.78 is 21.8. The molecule has 63 heavy (non-hydrogen) atoms. The van der Waals surface area contributed by atoms with E-state index in [2.05, 4.69) is 44.6 Å². The fourth-order valence-electron chi connectivity index (χ4n) is 12.0. The quantitative estimate of drug-likeness (QED) is 0.0499. The molecule has 16 heteroatoms. The molecule has 14 nitrogen and oxygen atoms in total. The number of aliphatic hydroxyl groups is 2. The second-order valence-electron chi connectivity index (χ2n) is 19.2. The monoisotopic (exact) mass is 883 g/mol. The van der Waals surface area contributed by atoms with E-state index in [1.54, 1.807) is 24.3 Å². The van der Waals surface area contributed by atoms with Crippen LogP contribution in [0.5, 0.6) is 0 Å². The molecule has 0 spiro atoms. The van der Waals surface area contributed by atoms with Crippen LogP contribution in [-0.4, -0.2) is 111 Å². The van der Waals surface area contributed by atoms with E-state index in [-0.39, 0.29) is 41.2 Å². The average Bonchev–Trinajstić information content (AvgIpc) is 3.61. The van der Waals surface area contributed by atoms with Crippen LogP contribution in [0.1, 0.15) is 106 Å². The van der Waals surface area contributed by atoms with Crippen LogP contribution >= 0.6 is 11.3 Å². The van der Waals surface area contributed by atoms with Gasteiger partial charge in [0.1, 0.15) is 11.6 Å². The van der Waals surface area contributed by atoms with Gasteiger partial charge in [0, 0.05) is 80.1 Å². The van der Waals surface area contributed by atoms with Crippen molar-refractivity contribution in [1.82, 2.24) is 30.4 Å². The highest BCUT2D eigenvalue weighted by Gasteiger charge is 2.60. The zero-order valence-corrected chi connectivity index (χ0v) is 37.8. The Labute approximate surface area is 372 Å². The lowest BCUT2D eigenvalue weighted by Crippen LogP contribution is -2.53. The number of benzene rings is 1. The van der Waals surface area contributed by atoms with Crippen LogP contribution in [0.15, 0.2) is 36.0 Å². The van der Waals surface area contributed by atoms with Gasteiger partial charge in [-0.25, -0.2) is 19.2 Å². The van der Waals surface area contributed by atoms with E-state index in [9.17, 15) is 24.5 Å². The van der Waals surface area contributed by atoms with Crippen LogP contribution in [0, 0.1) is 40.8 Å². The van der Waals surface area contributed by atoms with Crippen molar-refractivity contribution in [3.05, 3.63) is 64.2 Å². The minimum absolute atomic E-state index is 0.126. The van der Waals surface area contributed by atoms with Crippen LogP contribution < -0.4 is 15.5 Å². The van der Waals surface area contributed by atoms with Gasteiger partial charge in [0.05, 0.1) is 22.4 Å². The van der Waals surface area contributed by atoms with Gasteiger partial charge in [-0.2, -0.15) is 0 Å². The summed E-state index contributed by atoms with van der Waals surface area (Å²) in [5.41, 5.74) is 4.01. The number of aromatic carboxylic acids is 1. The molecule has 4 fully saturated rings. The number of pyridine rings is 1. The number of rotatable bonds is 19. The first kappa shape index (κ1) is 45.0. The maximum atomic E-state index is 14.4. The molecule has 6 N–H and O–H groups in total. The molecule has 1 aliphatic heterocycles. The first-order valence-electron chi connectivity index (χ1n) is 22.5. The van der Waals surface area contributed by atoms with Gasteiger partial charge in [-0.15, -0.1) is 10.2 Å². The van der Waals surface area contributed by atoms with Crippen LogP contribution in [-0.2, 0) is 11.2 Å². The Kier molecular flexibility index (Phi) is 13.2. The first-order chi connectivity index (χ1) is 30.2. The highest BCUT2D eigenvalue weighted by molar-refractivity contribution is 7.22. The van der Waals surface area contributed by atoms with E-state index >= 15 is 0 Å². The van der Waals surface area contributed by atoms with E-state index in [0.717, 1.165) is 87.9 Å². The summed E-state index contributed by atoms with van der Waals surface area (Å²) >= 11 is 1.21. The molecule has 0 saturated heterocycles. The lowest BCUT2D eigenvalue weighted by atomic mass is 9.53. The predicted octanol–water partition coefficient (Wildman–Crippen LogP) is 7.87. The zero-order chi connectivity index (χ0) is 44.5. The number of carboxylic acids is 1. The van der Waals surface area contributed by atoms with Crippen molar-refractivity contribution in [3.63, 3.8) is 0 Å². The van der Waals surface area contributed by atoms with Gasteiger partial charge in [0.15, 0.2) is 22.5 Å². The van der Waals surface area contributed by atoms with E-state index < -0.39 is 5.97 Å². The Morgan fingerprint density at radius 3 is 2.52 bits per heavy atom. The smallest absolute Gasteiger partial charge is 0.355 e. The van der Waals surface area contributed by atoms with Crippen molar-refractivity contribution in [3.8, 4) is 0 Å². The summed E-state index contributed by atoms with van der Waals surface area (Å²) in [6.07, 6.45) is 10.7. The molecule has 0 amide bonds. The zero-order valence-electron chi connectivity index (χ0n) is 37.0. The molecule has 5 aliphatic rings. The first-order valence-corrected chi connectivity index (χ1v) is 23.3. The Morgan fingerprint density at radius 2 is 1.81 bits per heavy atom.